The van der Waals surface area contributed by atoms with Gasteiger partial charge in [-0.15, -0.1) is 0 Å². The number of rotatable bonds is 2. The maximum absolute atomic E-state index is 13.0. The highest BCUT2D eigenvalue weighted by Crippen LogP contribution is 2.48. The second-order valence-corrected chi connectivity index (χ2v) is 10.0. The molecule has 1 spiro atoms. The molecule has 2 fully saturated rings. The van der Waals surface area contributed by atoms with E-state index in [9.17, 15) is 4.79 Å². The zero-order valence-corrected chi connectivity index (χ0v) is 18.8. The van der Waals surface area contributed by atoms with Crippen LogP contribution in [0.15, 0.2) is 34.9 Å². The van der Waals surface area contributed by atoms with Crippen LogP contribution in [0.25, 0.3) is 11.3 Å². The summed E-state index contributed by atoms with van der Waals surface area (Å²) in [6.45, 7) is 7.88. The zero-order valence-electron chi connectivity index (χ0n) is 17.2. The molecule has 0 unspecified atom stereocenters. The van der Waals surface area contributed by atoms with Crippen LogP contribution in [-0.4, -0.2) is 46.3 Å². The minimum atomic E-state index is -0.529. The fourth-order valence-electron chi connectivity index (χ4n) is 4.26. The van der Waals surface area contributed by atoms with Crippen molar-refractivity contribution in [2.45, 2.75) is 51.7 Å². The Morgan fingerprint density at radius 3 is 2.62 bits per heavy atom. The van der Waals surface area contributed by atoms with Gasteiger partial charge < -0.3 is 14.5 Å². The molecule has 0 radical (unpaired) electrons. The first-order chi connectivity index (χ1) is 13.7. The van der Waals surface area contributed by atoms with E-state index in [-0.39, 0.29) is 17.6 Å². The summed E-state index contributed by atoms with van der Waals surface area (Å²) >= 11 is 3.47. The van der Waals surface area contributed by atoms with E-state index >= 15 is 0 Å². The molecule has 0 saturated carbocycles. The number of nitrogens with zero attached hydrogens (tertiary/aromatic N) is 2. The van der Waals surface area contributed by atoms with Gasteiger partial charge in [0.2, 0.25) is 0 Å². The first kappa shape index (κ1) is 20.4. The minimum absolute atomic E-state index is 0.0738. The van der Waals surface area contributed by atoms with Crippen molar-refractivity contribution >= 4 is 22.0 Å². The molecule has 1 N–H and O–H groups in total. The monoisotopic (exact) mass is 461 g/mol. The number of imidazole rings is 1. The van der Waals surface area contributed by atoms with E-state index in [0.717, 1.165) is 54.0 Å². The Hall–Kier alpha value is -1.86. The predicted octanol–water partition coefficient (Wildman–Crippen LogP) is 5.32. The summed E-state index contributed by atoms with van der Waals surface area (Å²) in [5.41, 5.74) is 1.56. The van der Waals surface area contributed by atoms with Crippen molar-refractivity contribution in [3.8, 4) is 11.3 Å². The molecule has 2 saturated heterocycles. The molecule has 0 aliphatic carbocycles. The standard InChI is InChI=1S/C22H28BrN3O3/c1-21(2,3)29-20(27)26-14-22(8-10-28-11-9-22)12-18(26)19-24-13-17(25-19)15-4-6-16(23)7-5-15/h4-7,13,18H,8-12,14H2,1-3H3,(H,24,25)/t18-/m0/s1. The van der Waals surface area contributed by atoms with Crippen LogP contribution < -0.4 is 0 Å². The summed E-state index contributed by atoms with van der Waals surface area (Å²) in [4.78, 5) is 23.0. The summed E-state index contributed by atoms with van der Waals surface area (Å²) in [7, 11) is 0. The van der Waals surface area contributed by atoms with Crippen molar-refractivity contribution in [3.05, 3.63) is 40.8 Å². The first-order valence-corrected chi connectivity index (χ1v) is 10.9. The number of likely N-dealkylation sites (tertiary alicyclic amines) is 1. The summed E-state index contributed by atoms with van der Waals surface area (Å²) in [5, 5.41) is 0. The van der Waals surface area contributed by atoms with Crippen molar-refractivity contribution in [1.82, 2.24) is 14.9 Å². The van der Waals surface area contributed by atoms with Crippen LogP contribution in [0.3, 0.4) is 0 Å². The summed E-state index contributed by atoms with van der Waals surface area (Å²) in [6.07, 6.45) is 4.38. The Balaban J connectivity index is 1.62. The third kappa shape index (κ3) is 4.51. The van der Waals surface area contributed by atoms with Crippen LogP contribution in [0.2, 0.25) is 0 Å². The van der Waals surface area contributed by atoms with Crippen molar-refractivity contribution < 1.29 is 14.3 Å². The molecular formula is C22H28BrN3O3. The molecule has 29 heavy (non-hydrogen) atoms. The maximum atomic E-state index is 13.0. The molecule has 1 atom stereocenters. The van der Waals surface area contributed by atoms with E-state index in [1.807, 2.05) is 56.1 Å². The molecule has 1 aromatic heterocycles. The third-order valence-electron chi connectivity index (χ3n) is 5.76. The topological polar surface area (TPSA) is 67.4 Å². The van der Waals surface area contributed by atoms with Gasteiger partial charge >= 0.3 is 6.09 Å². The van der Waals surface area contributed by atoms with Crippen molar-refractivity contribution in [2.24, 2.45) is 5.41 Å². The number of halogens is 1. The van der Waals surface area contributed by atoms with E-state index < -0.39 is 5.60 Å². The Labute approximate surface area is 180 Å². The van der Waals surface area contributed by atoms with Crippen LogP contribution in [-0.2, 0) is 9.47 Å². The van der Waals surface area contributed by atoms with Crippen molar-refractivity contribution in [2.75, 3.05) is 19.8 Å². The third-order valence-corrected chi connectivity index (χ3v) is 6.28. The number of benzene rings is 1. The normalized spacial score (nSPS) is 21.5. The zero-order chi connectivity index (χ0) is 20.6. The Bertz CT molecular complexity index is 866. The highest BCUT2D eigenvalue weighted by atomic mass is 79.9. The number of ether oxygens (including phenoxy) is 2. The maximum Gasteiger partial charge on any atom is 0.410 e. The molecule has 1 amide bonds. The molecule has 2 aliphatic heterocycles. The number of carbonyl (C=O) groups is 1. The Morgan fingerprint density at radius 1 is 1.28 bits per heavy atom. The number of hydrogen-bond donors (Lipinski definition) is 1. The van der Waals surface area contributed by atoms with Gasteiger partial charge in [-0.25, -0.2) is 9.78 Å². The number of nitrogens with one attached hydrogen (secondary N) is 1. The lowest BCUT2D eigenvalue weighted by Gasteiger charge is -2.33. The molecule has 6 nitrogen and oxygen atoms in total. The number of carbonyl (C=O) groups excluding carboxylic acids is 1. The van der Waals surface area contributed by atoms with Crippen molar-refractivity contribution in [1.29, 1.82) is 0 Å². The molecule has 4 rings (SSSR count). The number of aromatic amines is 1. The molecule has 2 aromatic rings. The smallest absolute Gasteiger partial charge is 0.410 e. The Morgan fingerprint density at radius 2 is 1.97 bits per heavy atom. The molecule has 0 bridgehead atoms. The molecule has 7 heteroatoms. The highest BCUT2D eigenvalue weighted by molar-refractivity contribution is 9.10. The van der Waals surface area contributed by atoms with Crippen molar-refractivity contribution in [3.63, 3.8) is 0 Å². The minimum Gasteiger partial charge on any atom is -0.444 e. The van der Waals surface area contributed by atoms with Gasteiger partial charge in [0.05, 0.1) is 17.9 Å². The van der Waals surface area contributed by atoms with Gasteiger partial charge in [0.25, 0.3) is 0 Å². The molecular weight excluding hydrogens is 434 g/mol. The average molecular weight is 462 g/mol. The average Bonchev–Trinajstić information content (AvgIpc) is 3.27. The molecule has 2 aliphatic rings. The first-order valence-electron chi connectivity index (χ1n) is 10.1. The number of hydrogen-bond acceptors (Lipinski definition) is 4. The summed E-state index contributed by atoms with van der Waals surface area (Å²) in [5.74, 6) is 0.817. The van der Waals surface area contributed by atoms with Gasteiger partial charge in [0, 0.05) is 24.2 Å². The van der Waals surface area contributed by atoms with E-state index in [2.05, 4.69) is 25.9 Å². The summed E-state index contributed by atoms with van der Waals surface area (Å²) in [6, 6.07) is 7.99. The number of H-pyrrole nitrogens is 1. The SMILES string of the molecule is CC(C)(C)OC(=O)N1CC2(CCOCC2)C[C@H]1c1ncc(-c2ccc(Br)cc2)[nH]1. The summed E-state index contributed by atoms with van der Waals surface area (Å²) < 4.78 is 12.3. The van der Waals surface area contributed by atoms with E-state index in [1.54, 1.807) is 0 Å². The van der Waals surface area contributed by atoms with Gasteiger partial charge in [-0.1, -0.05) is 28.1 Å². The highest BCUT2D eigenvalue weighted by Gasteiger charge is 2.49. The van der Waals surface area contributed by atoms with E-state index in [4.69, 9.17) is 9.47 Å². The second kappa shape index (κ2) is 7.76. The fraction of sp³-hybridized carbons (Fsp3) is 0.545. The fourth-order valence-corrected chi connectivity index (χ4v) is 4.53. The van der Waals surface area contributed by atoms with E-state index in [0.29, 0.717) is 6.54 Å². The molecule has 1 aromatic carbocycles. The van der Waals surface area contributed by atoms with Crippen LogP contribution in [0.4, 0.5) is 4.79 Å². The quantitative estimate of drug-likeness (QED) is 0.656. The molecule has 156 valence electrons. The van der Waals surface area contributed by atoms with Gasteiger partial charge in [0.1, 0.15) is 11.4 Å². The largest absolute Gasteiger partial charge is 0.444 e. The lowest BCUT2D eigenvalue weighted by molar-refractivity contribution is 0.00700. The Kier molecular flexibility index (Phi) is 5.46. The van der Waals surface area contributed by atoms with Gasteiger partial charge in [-0.3, -0.25) is 4.90 Å². The second-order valence-electron chi connectivity index (χ2n) is 9.13. The van der Waals surface area contributed by atoms with Crippen LogP contribution >= 0.6 is 15.9 Å². The number of amides is 1. The van der Waals surface area contributed by atoms with Crippen LogP contribution in [0.1, 0.15) is 51.9 Å². The number of aromatic nitrogens is 2. The van der Waals surface area contributed by atoms with Gasteiger partial charge in [-0.2, -0.15) is 0 Å². The van der Waals surface area contributed by atoms with Crippen LogP contribution in [0.5, 0.6) is 0 Å². The van der Waals surface area contributed by atoms with E-state index in [1.165, 1.54) is 0 Å². The van der Waals surface area contributed by atoms with Gasteiger partial charge in [-0.05, 0) is 63.1 Å². The lowest BCUT2D eigenvalue weighted by Crippen LogP contribution is -2.39. The van der Waals surface area contributed by atoms with Gasteiger partial charge in [0.15, 0.2) is 0 Å². The van der Waals surface area contributed by atoms with Crippen LogP contribution in [0, 0.1) is 5.41 Å². The predicted molar refractivity (Wildman–Crippen MR) is 115 cm³/mol. The lowest BCUT2D eigenvalue weighted by atomic mass is 9.78. The molecule has 3 heterocycles.